The van der Waals surface area contributed by atoms with Crippen molar-refractivity contribution in [2.75, 3.05) is 6.61 Å². The summed E-state index contributed by atoms with van der Waals surface area (Å²) >= 11 is 12.4. The highest BCUT2D eigenvalue weighted by Crippen LogP contribution is 2.34. The predicted molar refractivity (Wildman–Crippen MR) is 84.4 cm³/mol. The summed E-state index contributed by atoms with van der Waals surface area (Å²) in [5, 5.41) is 10.4. The van der Waals surface area contributed by atoms with Crippen molar-refractivity contribution < 1.29 is 9.84 Å². The molecule has 6 heteroatoms. The van der Waals surface area contributed by atoms with Crippen molar-refractivity contribution in [3.8, 4) is 22.9 Å². The molecule has 1 heterocycles. The van der Waals surface area contributed by atoms with Gasteiger partial charge >= 0.3 is 0 Å². The van der Waals surface area contributed by atoms with Gasteiger partial charge in [-0.15, -0.1) is 0 Å². The Labute approximate surface area is 133 Å². The number of hydrogen-bond donors (Lipinski definition) is 1. The van der Waals surface area contributed by atoms with Crippen molar-refractivity contribution in [2.45, 2.75) is 26.7 Å². The first-order valence-corrected chi connectivity index (χ1v) is 7.38. The minimum absolute atomic E-state index is 0.0663. The number of benzene rings is 1. The molecule has 0 amide bonds. The topological polar surface area (TPSA) is 55.2 Å². The monoisotopic (exact) mass is 326 g/mol. The summed E-state index contributed by atoms with van der Waals surface area (Å²) in [5.74, 6) is 0.976. The van der Waals surface area contributed by atoms with E-state index in [-0.39, 0.29) is 11.7 Å². The molecule has 0 aliphatic heterocycles. The Morgan fingerprint density at radius 3 is 2.33 bits per heavy atom. The van der Waals surface area contributed by atoms with Crippen LogP contribution in [0.3, 0.4) is 0 Å². The number of aromatic nitrogens is 2. The molecule has 1 aromatic heterocycles. The molecular formula is C15H16Cl2N2O2. The van der Waals surface area contributed by atoms with Gasteiger partial charge in [-0.05, 0) is 31.0 Å². The van der Waals surface area contributed by atoms with Gasteiger partial charge in [-0.1, -0.05) is 37.0 Å². The molecular weight excluding hydrogens is 311 g/mol. The summed E-state index contributed by atoms with van der Waals surface area (Å²) in [6.45, 7) is 6.24. The molecule has 2 rings (SSSR count). The molecule has 0 unspecified atom stereocenters. The molecule has 0 spiro atoms. The highest BCUT2D eigenvalue weighted by molar-refractivity contribution is 6.34. The molecule has 0 fully saturated rings. The molecule has 0 aliphatic rings. The van der Waals surface area contributed by atoms with E-state index in [2.05, 4.69) is 9.97 Å². The first kappa shape index (κ1) is 15.9. The number of phenolic OH excluding ortho intramolecular Hbond substituents is 1. The number of aromatic hydroxyl groups is 1. The standard InChI is InChI=1S/C15H16Cl2N2O2/c1-4-21-11-7-9(5-6-10(11)20)15-18-13(16)12(8(2)3)14(17)19-15/h5-8,20H,4H2,1-3H3. The van der Waals surface area contributed by atoms with Gasteiger partial charge in [0.2, 0.25) is 0 Å². The second-order valence-electron chi connectivity index (χ2n) is 4.81. The van der Waals surface area contributed by atoms with Gasteiger partial charge in [-0.2, -0.15) is 0 Å². The van der Waals surface area contributed by atoms with Crippen molar-refractivity contribution in [2.24, 2.45) is 0 Å². The summed E-state index contributed by atoms with van der Waals surface area (Å²) < 4.78 is 5.35. The maximum Gasteiger partial charge on any atom is 0.162 e. The quantitative estimate of drug-likeness (QED) is 0.829. The lowest BCUT2D eigenvalue weighted by molar-refractivity contribution is 0.318. The van der Waals surface area contributed by atoms with Crippen LogP contribution in [0.5, 0.6) is 11.5 Å². The SMILES string of the molecule is CCOc1cc(-c2nc(Cl)c(C(C)C)c(Cl)n2)ccc1O. The smallest absolute Gasteiger partial charge is 0.162 e. The number of halogens is 2. The van der Waals surface area contributed by atoms with Gasteiger partial charge in [0.25, 0.3) is 0 Å². The van der Waals surface area contributed by atoms with Crippen molar-refractivity contribution >= 4 is 23.2 Å². The van der Waals surface area contributed by atoms with Crippen molar-refractivity contribution in [1.29, 1.82) is 0 Å². The van der Waals surface area contributed by atoms with Crippen LogP contribution in [-0.4, -0.2) is 21.7 Å². The van der Waals surface area contributed by atoms with Crippen molar-refractivity contribution in [3.63, 3.8) is 0 Å². The zero-order valence-corrected chi connectivity index (χ0v) is 13.5. The van der Waals surface area contributed by atoms with Crippen LogP contribution in [0, 0.1) is 0 Å². The zero-order chi connectivity index (χ0) is 15.6. The Morgan fingerprint density at radius 2 is 1.81 bits per heavy atom. The Kier molecular flexibility index (Phi) is 4.91. The van der Waals surface area contributed by atoms with Crippen LogP contribution in [-0.2, 0) is 0 Å². The van der Waals surface area contributed by atoms with E-state index in [1.165, 1.54) is 6.07 Å². The lowest BCUT2D eigenvalue weighted by Crippen LogP contribution is -2.00. The van der Waals surface area contributed by atoms with Gasteiger partial charge in [0.1, 0.15) is 10.3 Å². The molecule has 0 aliphatic carbocycles. The van der Waals surface area contributed by atoms with Gasteiger partial charge < -0.3 is 9.84 Å². The summed E-state index contributed by atoms with van der Waals surface area (Å²) in [5.41, 5.74) is 1.40. The maximum atomic E-state index is 9.72. The number of ether oxygens (including phenoxy) is 1. The number of rotatable bonds is 4. The zero-order valence-electron chi connectivity index (χ0n) is 12.0. The lowest BCUT2D eigenvalue weighted by atomic mass is 10.1. The summed E-state index contributed by atoms with van der Waals surface area (Å²) in [4.78, 5) is 8.58. The van der Waals surface area contributed by atoms with E-state index < -0.39 is 0 Å². The van der Waals surface area contributed by atoms with Crippen LogP contribution in [0.25, 0.3) is 11.4 Å². The van der Waals surface area contributed by atoms with E-state index in [1.807, 2.05) is 20.8 Å². The van der Waals surface area contributed by atoms with Crippen LogP contribution in [0.4, 0.5) is 0 Å². The minimum Gasteiger partial charge on any atom is -0.504 e. The Hall–Kier alpha value is -1.52. The molecule has 112 valence electrons. The fourth-order valence-electron chi connectivity index (χ4n) is 1.95. The molecule has 0 saturated heterocycles. The maximum absolute atomic E-state index is 9.72. The first-order valence-electron chi connectivity index (χ1n) is 6.63. The second-order valence-corrected chi connectivity index (χ2v) is 5.53. The lowest BCUT2D eigenvalue weighted by Gasteiger charge is -2.12. The van der Waals surface area contributed by atoms with E-state index in [4.69, 9.17) is 27.9 Å². The highest BCUT2D eigenvalue weighted by Gasteiger charge is 2.16. The van der Waals surface area contributed by atoms with Gasteiger partial charge in [0, 0.05) is 11.1 Å². The third kappa shape index (κ3) is 3.39. The minimum atomic E-state index is 0.0663. The molecule has 2 aromatic rings. The molecule has 0 bridgehead atoms. The molecule has 4 nitrogen and oxygen atoms in total. The van der Waals surface area contributed by atoms with Crippen LogP contribution >= 0.6 is 23.2 Å². The van der Waals surface area contributed by atoms with Crippen molar-refractivity contribution in [3.05, 3.63) is 34.1 Å². The molecule has 0 saturated carbocycles. The van der Waals surface area contributed by atoms with Gasteiger partial charge in [-0.25, -0.2) is 9.97 Å². The summed E-state index contributed by atoms with van der Waals surface area (Å²) in [6, 6.07) is 4.88. The predicted octanol–water partition coefficient (Wildman–Crippen LogP) is 4.68. The molecule has 21 heavy (non-hydrogen) atoms. The summed E-state index contributed by atoms with van der Waals surface area (Å²) in [7, 11) is 0. The Balaban J connectivity index is 2.50. The van der Waals surface area contributed by atoms with Crippen LogP contribution < -0.4 is 4.74 Å². The molecule has 1 aromatic carbocycles. The third-order valence-electron chi connectivity index (χ3n) is 2.95. The van der Waals surface area contributed by atoms with Gasteiger partial charge in [-0.3, -0.25) is 0 Å². The van der Waals surface area contributed by atoms with Gasteiger partial charge in [0.05, 0.1) is 6.61 Å². The van der Waals surface area contributed by atoms with E-state index in [9.17, 15) is 5.11 Å². The number of phenols is 1. The Morgan fingerprint density at radius 1 is 1.19 bits per heavy atom. The van der Waals surface area contributed by atoms with Crippen LogP contribution in [0.15, 0.2) is 18.2 Å². The largest absolute Gasteiger partial charge is 0.504 e. The number of hydrogen-bond acceptors (Lipinski definition) is 4. The fourth-order valence-corrected chi connectivity index (χ4v) is 2.77. The van der Waals surface area contributed by atoms with Gasteiger partial charge in [0.15, 0.2) is 17.3 Å². The Bertz CT molecular complexity index is 637. The normalized spacial score (nSPS) is 11.0. The van der Waals surface area contributed by atoms with E-state index >= 15 is 0 Å². The average molecular weight is 327 g/mol. The van der Waals surface area contributed by atoms with Crippen LogP contribution in [0.1, 0.15) is 32.3 Å². The highest BCUT2D eigenvalue weighted by atomic mass is 35.5. The molecule has 0 atom stereocenters. The van der Waals surface area contributed by atoms with E-state index in [0.717, 1.165) is 5.56 Å². The molecule has 1 N–H and O–H groups in total. The van der Waals surface area contributed by atoms with E-state index in [0.29, 0.717) is 34.1 Å². The van der Waals surface area contributed by atoms with Crippen molar-refractivity contribution in [1.82, 2.24) is 9.97 Å². The second kappa shape index (κ2) is 6.50. The fraction of sp³-hybridized carbons (Fsp3) is 0.333. The third-order valence-corrected chi connectivity index (χ3v) is 3.52. The van der Waals surface area contributed by atoms with E-state index in [1.54, 1.807) is 12.1 Å². The van der Waals surface area contributed by atoms with Crippen LogP contribution in [0.2, 0.25) is 10.3 Å². The summed E-state index contributed by atoms with van der Waals surface area (Å²) in [6.07, 6.45) is 0. The first-order chi connectivity index (χ1) is 9.93. The average Bonchev–Trinajstić information content (AvgIpc) is 2.40. The molecule has 0 radical (unpaired) electrons. The number of nitrogens with zero attached hydrogens (tertiary/aromatic N) is 2.